The molecule has 0 aliphatic carbocycles. The number of thioether (sulfide) groups is 1. The van der Waals surface area contributed by atoms with E-state index < -0.39 is 11.2 Å². The van der Waals surface area contributed by atoms with Gasteiger partial charge in [0.15, 0.2) is 5.17 Å². The van der Waals surface area contributed by atoms with Gasteiger partial charge in [0.2, 0.25) is 5.91 Å². The van der Waals surface area contributed by atoms with E-state index in [0.717, 1.165) is 34.4 Å². The van der Waals surface area contributed by atoms with Crippen molar-refractivity contribution in [2.75, 3.05) is 4.90 Å². The molecule has 1 unspecified atom stereocenters. The molecule has 0 aromatic heterocycles. The minimum atomic E-state index is -1.03. The zero-order valence-electron chi connectivity index (χ0n) is 18.8. The number of nitrogens with one attached hydrogen (secondary N) is 1. The van der Waals surface area contributed by atoms with Crippen LogP contribution in [0.25, 0.3) is 0 Å². The average molecular weight is 473 g/mol. The van der Waals surface area contributed by atoms with Crippen molar-refractivity contribution in [1.29, 1.82) is 0 Å². The van der Waals surface area contributed by atoms with Crippen molar-refractivity contribution in [2.24, 2.45) is 10.2 Å². The smallest absolute Gasteiger partial charge is 0.305 e. The first-order valence-corrected chi connectivity index (χ1v) is 11.6. The lowest BCUT2D eigenvalue weighted by Gasteiger charge is -2.25. The molecular weight excluding hydrogens is 448 g/mol. The maximum atomic E-state index is 11.8. The van der Waals surface area contributed by atoms with E-state index in [0.29, 0.717) is 5.17 Å². The van der Waals surface area contributed by atoms with Crippen LogP contribution in [0, 0.1) is 13.8 Å². The number of amidine groups is 1. The molecule has 3 aromatic carbocycles. The molecule has 1 aliphatic rings. The molecule has 1 amide bonds. The molecular formula is C26H24N4O3S. The Morgan fingerprint density at radius 2 is 1.44 bits per heavy atom. The summed E-state index contributed by atoms with van der Waals surface area (Å²) in [5.74, 6) is -1.39. The van der Waals surface area contributed by atoms with E-state index in [9.17, 15) is 9.59 Å². The molecule has 1 fully saturated rings. The van der Waals surface area contributed by atoms with Gasteiger partial charge in [-0.1, -0.05) is 59.3 Å². The molecule has 1 aliphatic heterocycles. The summed E-state index contributed by atoms with van der Waals surface area (Å²) in [6, 6.07) is 24.7. The third-order valence-corrected chi connectivity index (χ3v) is 6.30. The van der Waals surface area contributed by atoms with Crippen molar-refractivity contribution < 1.29 is 14.7 Å². The topological polar surface area (TPSA) is 94.4 Å². The molecule has 1 atom stereocenters. The Kier molecular flexibility index (Phi) is 7.08. The average Bonchev–Trinajstić information content (AvgIpc) is 3.15. The zero-order chi connectivity index (χ0) is 24.1. The first kappa shape index (κ1) is 23.3. The van der Waals surface area contributed by atoms with Crippen molar-refractivity contribution in [3.8, 4) is 0 Å². The molecule has 4 rings (SSSR count). The van der Waals surface area contributed by atoms with Gasteiger partial charge in [0.1, 0.15) is 5.25 Å². The highest BCUT2D eigenvalue weighted by Gasteiger charge is 2.32. The van der Waals surface area contributed by atoms with Crippen LogP contribution in [-0.4, -0.2) is 33.6 Å². The van der Waals surface area contributed by atoms with Gasteiger partial charge in [0.25, 0.3) is 0 Å². The molecule has 1 saturated heterocycles. The monoisotopic (exact) mass is 472 g/mol. The molecule has 0 radical (unpaired) electrons. The minimum absolute atomic E-state index is 0.251. The highest BCUT2D eigenvalue weighted by molar-refractivity contribution is 8.15. The lowest BCUT2D eigenvalue weighted by Crippen LogP contribution is -2.26. The minimum Gasteiger partial charge on any atom is -0.481 e. The fourth-order valence-corrected chi connectivity index (χ4v) is 4.35. The predicted molar refractivity (Wildman–Crippen MR) is 137 cm³/mol. The summed E-state index contributed by atoms with van der Waals surface area (Å²) in [7, 11) is 0. The summed E-state index contributed by atoms with van der Waals surface area (Å²) < 4.78 is 0. The van der Waals surface area contributed by atoms with E-state index in [1.54, 1.807) is 6.21 Å². The second kappa shape index (κ2) is 10.4. The number of carbonyl (C=O) groups excluding carboxylic acids is 1. The van der Waals surface area contributed by atoms with Crippen molar-refractivity contribution in [3.05, 3.63) is 89.5 Å². The number of carboxylic acids is 1. The standard InChI is InChI=1S/C26H24N4O3S/c1-17-3-9-20(10-4-17)30(21-11-5-18(2)6-12-21)22-13-7-19(8-14-22)16-27-29-26-28-25(33)23(34-26)15-24(31)32/h3-14,16,23H,15H2,1-2H3,(H,31,32)(H,28,29,33). The van der Waals surface area contributed by atoms with Crippen LogP contribution in [0.3, 0.4) is 0 Å². The normalized spacial score (nSPS) is 16.7. The van der Waals surface area contributed by atoms with Crippen LogP contribution >= 0.6 is 11.8 Å². The van der Waals surface area contributed by atoms with Crippen molar-refractivity contribution in [3.63, 3.8) is 0 Å². The van der Waals surface area contributed by atoms with Gasteiger partial charge in [-0.2, -0.15) is 5.10 Å². The van der Waals surface area contributed by atoms with E-state index in [-0.39, 0.29) is 12.3 Å². The van der Waals surface area contributed by atoms with Crippen molar-refractivity contribution in [2.45, 2.75) is 25.5 Å². The molecule has 0 saturated carbocycles. The highest BCUT2D eigenvalue weighted by atomic mass is 32.2. The Morgan fingerprint density at radius 1 is 0.941 bits per heavy atom. The van der Waals surface area contributed by atoms with Crippen LogP contribution in [0.1, 0.15) is 23.1 Å². The quantitative estimate of drug-likeness (QED) is 0.365. The summed E-state index contributed by atoms with van der Waals surface area (Å²) in [4.78, 5) is 24.8. The van der Waals surface area contributed by atoms with Gasteiger partial charge in [-0.3, -0.25) is 9.59 Å². The molecule has 0 bridgehead atoms. The number of hydrogen-bond donors (Lipinski definition) is 2. The Morgan fingerprint density at radius 3 is 1.94 bits per heavy atom. The maximum absolute atomic E-state index is 11.8. The number of nitrogens with zero attached hydrogens (tertiary/aromatic N) is 3. The Bertz CT molecular complexity index is 1190. The van der Waals surface area contributed by atoms with E-state index in [2.05, 4.69) is 82.8 Å². The van der Waals surface area contributed by atoms with Gasteiger partial charge in [-0.15, -0.1) is 5.10 Å². The second-order valence-corrected chi connectivity index (χ2v) is 9.13. The van der Waals surface area contributed by atoms with Gasteiger partial charge in [-0.25, -0.2) is 0 Å². The number of benzene rings is 3. The highest BCUT2D eigenvalue weighted by Crippen LogP contribution is 2.34. The van der Waals surface area contributed by atoms with E-state index in [1.165, 1.54) is 11.1 Å². The summed E-state index contributed by atoms with van der Waals surface area (Å²) >= 11 is 1.07. The van der Waals surface area contributed by atoms with Gasteiger partial charge >= 0.3 is 5.97 Å². The Labute approximate surface area is 202 Å². The summed E-state index contributed by atoms with van der Waals surface area (Å²) in [6.07, 6.45) is 1.34. The van der Waals surface area contributed by atoms with Crippen molar-refractivity contribution in [1.82, 2.24) is 5.32 Å². The van der Waals surface area contributed by atoms with Gasteiger partial charge in [0.05, 0.1) is 12.6 Å². The van der Waals surface area contributed by atoms with Gasteiger partial charge in [-0.05, 0) is 55.8 Å². The number of hydrogen-bond acceptors (Lipinski definition) is 6. The van der Waals surface area contributed by atoms with Gasteiger partial charge < -0.3 is 15.3 Å². The van der Waals surface area contributed by atoms with Crippen LogP contribution in [-0.2, 0) is 9.59 Å². The fourth-order valence-electron chi connectivity index (χ4n) is 3.44. The number of carbonyl (C=O) groups is 2. The van der Waals surface area contributed by atoms with Crippen LogP contribution < -0.4 is 10.2 Å². The van der Waals surface area contributed by atoms with Gasteiger partial charge in [0, 0.05) is 17.1 Å². The molecule has 172 valence electrons. The third kappa shape index (κ3) is 5.71. The molecule has 7 nitrogen and oxygen atoms in total. The number of aliphatic carboxylic acids is 1. The lowest BCUT2D eigenvalue weighted by molar-refractivity contribution is -0.138. The Hall–Kier alpha value is -3.91. The first-order valence-electron chi connectivity index (χ1n) is 10.7. The molecule has 0 spiro atoms. The van der Waals surface area contributed by atoms with Crippen LogP contribution in [0.5, 0.6) is 0 Å². The van der Waals surface area contributed by atoms with Crippen molar-refractivity contribution >= 4 is 52.1 Å². The largest absolute Gasteiger partial charge is 0.481 e. The van der Waals surface area contributed by atoms with E-state index in [1.807, 2.05) is 24.3 Å². The van der Waals surface area contributed by atoms with Crippen LogP contribution in [0.2, 0.25) is 0 Å². The summed E-state index contributed by atoms with van der Waals surface area (Å²) in [5, 5.41) is 19.1. The first-order chi connectivity index (χ1) is 16.4. The number of amides is 1. The molecule has 8 heteroatoms. The van der Waals surface area contributed by atoms with E-state index in [4.69, 9.17) is 5.11 Å². The number of aryl methyl sites for hydroxylation is 2. The number of anilines is 3. The number of rotatable bonds is 7. The molecule has 2 N–H and O–H groups in total. The summed E-state index contributed by atoms with van der Waals surface area (Å²) in [5.41, 5.74) is 6.38. The molecule has 1 heterocycles. The second-order valence-electron chi connectivity index (χ2n) is 7.94. The Balaban J connectivity index is 1.52. The molecule has 3 aromatic rings. The third-order valence-electron chi connectivity index (χ3n) is 5.23. The predicted octanol–water partition coefficient (Wildman–Crippen LogP) is 5.17. The summed E-state index contributed by atoms with van der Waals surface area (Å²) in [6.45, 7) is 4.14. The molecule has 34 heavy (non-hydrogen) atoms. The van der Waals surface area contributed by atoms with E-state index >= 15 is 0 Å². The maximum Gasteiger partial charge on any atom is 0.305 e. The zero-order valence-corrected chi connectivity index (χ0v) is 19.6. The SMILES string of the molecule is Cc1ccc(N(c2ccc(C)cc2)c2ccc(C=NN=C3NC(=O)C(CC(=O)O)S3)cc2)cc1. The van der Waals surface area contributed by atoms with Crippen LogP contribution in [0.4, 0.5) is 17.1 Å². The van der Waals surface area contributed by atoms with Crippen LogP contribution in [0.15, 0.2) is 83.0 Å². The number of carboxylic acid groups (broad SMARTS) is 1. The lowest BCUT2D eigenvalue weighted by atomic mass is 10.1. The fraction of sp³-hybridized carbons (Fsp3) is 0.154.